The van der Waals surface area contributed by atoms with Crippen LogP contribution in [0.25, 0.3) is 0 Å². The molecule has 0 aromatic heterocycles. The van der Waals surface area contributed by atoms with Gasteiger partial charge in [-0.2, -0.15) is 0 Å². The van der Waals surface area contributed by atoms with Gasteiger partial charge < -0.3 is 19.5 Å². The van der Waals surface area contributed by atoms with E-state index in [1.807, 2.05) is 0 Å². The third-order valence-corrected chi connectivity index (χ3v) is 4.22. The lowest BCUT2D eigenvalue weighted by molar-refractivity contribution is -0.143. The molecule has 6 nitrogen and oxygen atoms in total. The average Bonchev–Trinajstić information content (AvgIpc) is 2.59. The van der Waals surface area contributed by atoms with Gasteiger partial charge in [-0.05, 0) is 37.6 Å². The number of carboxylic acids is 1. The molecule has 0 saturated carbocycles. The van der Waals surface area contributed by atoms with Gasteiger partial charge >= 0.3 is 5.97 Å². The second kappa shape index (κ2) is 7.97. The van der Waals surface area contributed by atoms with Crippen LogP contribution >= 0.6 is 0 Å². The summed E-state index contributed by atoms with van der Waals surface area (Å²) in [5.41, 5.74) is 0.578. The van der Waals surface area contributed by atoms with Crippen LogP contribution in [0.3, 0.4) is 0 Å². The number of benzene rings is 1. The highest BCUT2D eigenvalue weighted by atomic mass is 16.5. The Morgan fingerprint density at radius 2 is 2.00 bits per heavy atom. The first-order valence-electron chi connectivity index (χ1n) is 7.75. The zero-order chi connectivity index (χ0) is 16.8. The van der Waals surface area contributed by atoms with Crippen molar-refractivity contribution in [3.8, 4) is 11.5 Å². The molecule has 2 rings (SSSR count). The van der Waals surface area contributed by atoms with Crippen molar-refractivity contribution in [3.63, 3.8) is 0 Å². The summed E-state index contributed by atoms with van der Waals surface area (Å²) in [6.45, 7) is 1.95. The number of likely N-dealkylation sites (tertiary alicyclic amines) is 1. The van der Waals surface area contributed by atoms with E-state index < -0.39 is 5.97 Å². The molecule has 126 valence electrons. The maximum absolute atomic E-state index is 12.3. The number of aliphatic carboxylic acids is 1. The molecule has 0 spiro atoms. The first-order chi connectivity index (χ1) is 11.0. The number of piperidine rings is 1. The van der Waals surface area contributed by atoms with E-state index in [1.165, 1.54) is 7.11 Å². The fraction of sp³-hybridized carbons (Fsp3) is 0.529. The minimum Gasteiger partial charge on any atom is -0.493 e. The van der Waals surface area contributed by atoms with E-state index >= 15 is 0 Å². The number of carbonyl (C=O) groups excluding carboxylic acids is 1. The summed E-state index contributed by atoms with van der Waals surface area (Å²) in [7, 11) is 3.08. The van der Waals surface area contributed by atoms with Crippen molar-refractivity contribution in [2.45, 2.75) is 19.3 Å². The summed E-state index contributed by atoms with van der Waals surface area (Å²) >= 11 is 0. The van der Waals surface area contributed by atoms with Gasteiger partial charge in [0, 0.05) is 25.1 Å². The summed E-state index contributed by atoms with van der Waals surface area (Å²) in [5, 5.41) is 9.10. The van der Waals surface area contributed by atoms with Gasteiger partial charge in [0.2, 0.25) is 0 Å². The maximum atomic E-state index is 12.3. The number of nitrogens with zero attached hydrogens (tertiary/aromatic N) is 1. The molecule has 1 atom stereocenters. The Labute approximate surface area is 136 Å². The van der Waals surface area contributed by atoms with E-state index in [9.17, 15) is 9.59 Å². The van der Waals surface area contributed by atoms with Gasteiger partial charge in [-0.3, -0.25) is 9.59 Å². The van der Waals surface area contributed by atoms with Crippen molar-refractivity contribution >= 4 is 11.8 Å². The van der Waals surface area contributed by atoms with Crippen LogP contribution in [0.1, 0.15) is 29.6 Å². The molecule has 0 amide bonds. The first-order valence-corrected chi connectivity index (χ1v) is 7.75. The van der Waals surface area contributed by atoms with Crippen molar-refractivity contribution < 1.29 is 24.2 Å². The molecule has 0 radical (unpaired) electrons. The standard InChI is InChI=1S/C17H23NO5/c1-22-15-6-5-12(10-16(15)23-2)14(19)7-9-18-8-3-4-13(11-18)17(20)21/h5-6,10,13H,3-4,7-9,11H2,1-2H3,(H,20,21). The van der Waals surface area contributed by atoms with E-state index in [0.717, 1.165) is 19.4 Å². The summed E-state index contributed by atoms with van der Waals surface area (Å²) in [6.07, 6.45) is 1.94. The van der Waals surface area contributed by atoms with Gasteiger partial charge in [0.05, 0.1) is 20.1 Å². The Bertz CT molecular complexity index is 572. The van der Waals surface area contributed by atoms with Crippen LogP contribution in [0.5, 0.6) is 11.5 Å². The predicted molar refractivity (Wildman–Crippen MR) is 85.3 cm³/mol. The van der Waals surface area contributed by atoms with Crippen LogP contribution in [0.15, 0.2) is 18.2 Å². The third-order valence-electron chi connectivity index (χ3n) is 4.22. The van der Waals surface area contributed by atoms with E-state index in [1.54, 1.807) is 25.3 Å². The molecule has 1 aromatic carbocycles. The number of hydrogen-bond donors (Lipinski definition) is 1. The minimum atomic E-state index is -0.749. The number of Topliss-reactive ketones (excluding diaryl/α,β-unsaturated/α-hetero) is 1. The highest BCUT2D eigenvalue weighted by Gasteiger charge is 2.25. The molecular formula is C17H23NO5. The monoisotopic (exact) mass is 321 g/mol. The van der Waals surface area contributed by atoms with Crippen molar-refractivity contribution in [1.82, 2.24) is 4.90 Å². The molecule has 1 aliphatic rings. The van der Waals surface area contributed by atoms with Crippen LogP contribution in [0.2, 0.25) is 0 Å². The van der Waals surface area contributed by atoms with Crippen LogP contribution in [-0.4, -0.2) is 55.6 Å². The largest absolute Gasteiger partial charge is 0.493 e. The number of carbonyl (C=O) groups is 2. The lowest BCUT2D eigenvalue weighted by Gasteiger charge is -2.30. The number of ether oxygens (including phenoxy) is 2. The summed E-state index contributed by atoms with van der Waals surface area (Å²) in [6, 6.07) is 5.12. The molecule has 1 aromatic rings. The Morgan fingerprint density at radius 1 is 1.26 bits per heavy atom. The first kappa shape index (κ1) is 17.3. The molecule has 23 heavy (non-hydrogen) atoms. The third kappa shape index (κ3) is 4.45. The van der Waals surface area contributed by atoms with Crippen LogP contribution in [0, 0.1) is 5.92 Å². The molecule has 1 saturated heterocycles. The highest BCUT2D eigenvalue weighted by molar-refractivity contribution is 5.96. The number of rotatable bonds is 7. The average molecular weight is 321 g/mol. The lowest BCUT2D eigenvalue weighted by Crippen LogP contribution is -2.39. The zero-order valence-electron chi connectivity index (χ0n) is 13.6. The molecule has 1 aliphatic heterocycles. The van der Waals surface area contributed by atoms with Crippen molar-refractivity contribution in [2.75, 3.05) is 33.9 Å². The van der Waals surface area contributed by atoms with Gasteiger partial charge in [0.15, 0.2) is 17.3 Å². The second-order valence-corrected chi connectivity index (χ2v) is 5.72. The van der Waals surface area contributed by atoms with Gasteiger partial charge in [0.1, 0.15) is 0 Å². The summed E-state index contributed by atoms with van der Waals surface area (Å²) in [4.78, 5) is 25.5. The molecule has 1 heterocycles. The van der Waals surface area contributed by atoms with E-state index in [0.29, 0.717) is 36.6 Å². The predicted octanol–water partition coefficient (Wildman–Crippen LogP) is 2.07. The SMILES string of the molecule is COc1ccc(C(=O)CCN2CCCC(C(=O)O)C2)cc1OC. The van der Waals surface area contributed by atoms with Gasteiger partial charge in [-0.1, -0.05) is 0 Å². The summed E-state index contributed by atoms with van der Waals surface area (Å²) < 4.78 is 10.4. The Kier molecular flexibility index (Phi) is 5.98. The molecule has 6 heteroatoms. The second-order valence-electron chi connectivity index (χ2n) is 5.72. The Hall–Kier alpha value is -2.08. The number of carboxylic acid groups (broad SMARTS) is 1. The lowest BCUT2D eigenvalue weighted by atomic mass is 9.98. The van der Waals surface area contributed by atoms with Crippen molar-refractivity contribution in [2.24, 2.45) is 5.92 Å². The molecule has 0 aliphatic carbocycles. The molecule has 1 N–H and O–H groups in total. The number of hydrogen-bond acceptors (Lipinski definition) is 5. The molecule has 1 fully saturated rings. The molecular weight excluding hydrogens is 298 g/mol. The smallest absolute Gasteiger partial charge is 0.307 e. The minimum absolute atomic E-state index is 0.0170. The van der Waals surface area contributed by atoms with Crippen LogP contribution in [0.4, 0.5) is 0 Å². The van der Waals surface area contributed by atoms with E-state index in [4.69, 9.17) is 14.6 Å². The van der Waals surface area contributed by atoms with Gasteiger partial charge in [-0.25, -0.2) is 0 Å². The van der Waals surface area contributed by atoms with Crippen molar-refractivity contribution in [1.29, 1.82) is 0 Å². The topological polar surface area (TPSA) is 76.1 Å². The van der Waals surface area contributed by atoms with Gasteiger partial charge in [-0.15, -0.1) is 0 Å². The summed E-state index contributed by atoms with van der Waals surface area (Å²) in [5.74, 6) is 0.0656. The van der Waals surface area contributed by atoms with Crippen LogP contribution in [-0.2, 0) is 4.79 Å². The van der Waals surface area contributed by atoms with Gasteiger partial charge in [0.25, 0.3) is 0 Å². The fourth-order valence-electron chi connectivity index (χ4n) is 2.87. The highest BCUT2D eigenvalue weighted by Crippen LogP contribution is 2.28. The Morgan fingerprint density at radius 3 is 2.65 bits per heavy atom. The fourth-order valence-corrected chi connectivity index (χ4v) is 2.87. The molecule has 1 unspecified atom stereocenters. The van der Waals surface area contributed by atoms with Crippen LogP contribution < -0.4 is 9.47 Å². The normalized spacial score (nSPS) is 18.4. The number of ketones is 1. The molecule has 0 bridgehead atoms. The van der Waals surface area contributed by atoms with Crippen molar-refractivity contribution in [3.05, 3.63) is 23.8 Å². The number of methoxy groups -OCH3 is 2. The zero-order valence-corrected chi connectivity index (χ0v) is 13.6. The maximum Gasteiger partial charge on any atom is 0.307 e. The van der Waals surface area contributed by atoms with E-state index in [-0.39, 0.29) is 11.7 Å². The quantitative estimate of drug-likeness (QED) is 0.775. The van der Waals surface area contributed by atoms with E-state index in [2.05, 4.69) is 4.90 Å². The Balaban J connectivity index is 1.93.